The van der Waals surface area contributed by atoms with Gasteiger partial charge >= 0.3 is 0 Å². The highest BCUT2D eigenvalue weighted by Gasteiger charge is 2.34. The Balaban J connectivity index is 2.09. The third kappa shape index (κ3) is 2.49. The van der Waals surface area contributed by atoms with Crippen LogP contribution in [0.4, 0.5) is 5.13 Å². The number of aromatic nitrogens is 1. The fourth-order valence-corrected chi connectivity index (χ4v) is 4.04. The van der Waals surface area contributed by atoms with Gasteiger partial charge in [-0.25, -0.2) is 13.4 Å². The molecule has 15 heavy (non-hydrogen) atoms. The molecule has 0 amide bonds. The summed E-state index contributed by atoms with van der Waals surface area (Å²) in [6, 6.07) is 0.0335. The SMILES string of the molecule is CS(=O)(=O)C1CCCC1Nc1nccs1. The summed E-state index contributed by atoms with van der Waals surface area (Å²) in [6.45, 7) is 0. The van der Waals surface area contributed by atoms with Gasteiger partial charge in [0.1, 0.15) is 0 Å². The Morgan fingerprint density at radius 3 is 2.93 bits per heavy atom. The van der Waals surface area contributed by atoms with Gasteiger partial charge in [0.2, 0.25) is 0 Å². The van der Waals surface area contributed by atoms with Crippen LogP contribution in [-0.4, -0.2) is 30.9 Å². The first-order valence-corrected chi connectivity index (χ1v) is 7.75. The highest BCUT2D eigenvalue weighted by Crippen LogP contribution is 2.28. The molecule has 84 valence electrons. The van der Waals surface area contributed by atoms with Gasteiger partial charge in [0, 0.05) is 23.9 Å². The van der Waals surface area contributed by atoms with Gasteiger partial charge < -0.3 is 5.32 Å². The fraction of sp³-hybridized carbons (Fsp3) is 0.667. The number of hydrogen-bond acceptors (Lipinski definition) is 5. The molecule has 1 aromatic heterocycles. The zero-order chi connectivity index (χ0) is 10.9. The summed E-state index contributed by atoms with van der Waals surface area (Å²) in [5, 5.41) is 5.65. The molecule has 2 unspecified atom stereocenters. The number of hydrogen-bond donors (Lipinski definition) is 1. The summed E-state index contributed by atoms with van der Waals surface area (Å²) in [7, 11) is -2.94. The lowest BCUT2D eigenvalue weighted by Crippen LogP contribution is -2.34. The third-order valence-corrected chi connectivity index (χ3v) is 5.11. The number of sulfone groups is 1. The minimum Gasteiger partial charge on any atom is -0.357 e. The highest BCUT2D eigenvalue weighted by atomic mass is 32.2. The summed E-state index contributed by atoms with van der Waals surface area (Å²) in [5.41, 5.74) is 0. The first kappa shape index (κ1) is 10.9. The Bertz CT molecular complexity index is 413. The number of rotatable bonds is 3. The van der Waals surface area contributed by atoms with E-state index in [0.717, 1.165) is 24.4 Å². The Morgan fingerprint density at radius 2 is 2.33 bits per heavy atom. The van der Waals surface area contributed by atoms with Gasteiger partial charge in [-0.2, -0.15) is 0 Å². The van der Waals surface area contributed by atoms with Crippen molar-refractivity contribution in [1.82, 2.24) is 4.98 Å². The van der Waals surface area contributed by atoms with Gasteiger partial charge in [-0.1, -0.05) is 0 Å². The monoisotopic (exact) mass is 246 g/mol. The van der Waals surface area contributed by atoms with Crippen LogP contribution in [0.15, 0.2) is 11.6 Å². The van der Waals surface area contributed by atoms with Crippen molar-refractivity contribution in [3.05, 3.63) is 11.6 Å². The van der Waals surface area contributed by atoms with E-state index in [1.807, 2.05) is 5.38 Å². The normalized spacial score (nSPS) is 26.7. The molecule has 2 atom stereocenters. The maximum absolute atomic E-state index is 11.5. The maximum Gasteiger partial charge on any atom is 0.182 e. The molecule has 1 heterocycles. The van der Waals surface area contributed by atoms with Crippen LogP contribution in [0.2, 0.25) is 0 Å². The van der Waals surface area contributed by atoms with Gasteiger partial charge in [-0.05, 0) is 19.3 Å². The van der Waals surface area contributed by atoms with Gasteiger partial charge in [0.15, 0.2) is 15.0 Å². The molecule has 1 saturated carbocycles. The van der Waals surface area contributed by atoms with Gasteiger partial charge in [0.05, 0.1) is 5.25 Å². The molecule has 0 aliphatic heterocycles. The van der Waals surface area contributed by atoms with E-state index < -0.39 is 9.84 Å². The van der Waals surface area contributed by atoms with E-state index in [4.69, 9.17) is 0 Å². The van der Waals surface area contributed by atoms with Crippen molar-refractivity contribution >= 4 is 26.3 Å². The van der Waals surface area contributed by atoms with Crippen molar-refractivity contribution < 1.29 is 8.42 Å². The number of nitrogens with one attached hydrogen (secondary N) is 1. The van der Waals surface area contributed by atoms with E-state index in [1.54, 1.807) is 6.20 Å². The van der Waals surface area contributed by atoms with Crippen LogP contribution in [-0.2, 0) is 9.84 Å². The Morgan fingerprint density at radius 1 is 1.53 bits per heavy atom. The van der Waals surface area contributed by atoms with Crippen molar-refractivity contribution in [3.63, 3.8) is 0 Å². The quantitative estimate of drug-likeness (QED) is 0.878. The molecule has 0 radical (unpaired) electrons. The minimum atomic E-state index is -2.94. The molecule has 0 saturated heterocycles. The lowest BCUT2D eigenvalue weighted by Gasteiger charge is -2.18. The second-order valence-corrected chi connectivity index (χ2v) is 7.05. The van der Waals surface area contributed by atoms with Crippen LogP contribution in [0.1, 0.15) is 19.3 Å². The average molecular weight is 246 g/mol. The van der Waals surface area contributed by atoms with E-state index in [-0.39, 0.29) is 11.3 Å². The third-order valence-electron chi connectivity index (χ3n) is 2.74. The first-order chi connectivity index (χ1) is 7.07. The standard InChI is InChI=1S/C9H14N2O2S2/c1-15(12,13)8-4-2-3-7(8)11-9-10-5-6-14-9/h5-8H,2-4H2,1H3,(H,10,11). The van der Waals surface area contributed by atoms with E-state index in [1.165, 1.54) is 17.6 Å². The lowest BCUT2D eigenvalue weighted by molar-refractivity contribution is 0.579. The first-order valence-electron chi connectivity index (χ1n) is 4.92. The molecular weight excluding hydrogens is 232 g/mol. The summed E-state index contributed by atoms with van der Waals surface area (Å²) >= 11 is 1.51. The Hall–Kier alpha value is -0.620. The largest absolute Gasteiger partial charge is 0.357 e. The van der Waals surface area contributed by atoms with Crippen LogP contribution in [0.5, 0.6) is 0 Å². The molecule has 6 heteroatoms. The smallest absolute Gasteiger partial charge is 0.182 e. The second kappa shape index (κ2) is 4.09. The van der Waals surface area contributed by atoms with Gasteiger partial charge in [0.25, 0.3) is 0 Å². The summed E-state index contributed by atoms with van der Waals surface area (Å²) < 4.78 is 23.0. The molecule has 1 aliphatic rings. The zero-order valence-electron chi connectivity index (χ0n) is 8.51. The topological polar surface area (TPSA) is 59.1 Å². The molecule has 0 spiro atoms. The average Bonchev–Trinajstić information content (AvgIpc) is 2.73. The highest BCUT2D eigenvalue weighted by molar-refractivity contribution is 7.91. The van der Waals surface area contributed by atoms with Crippen molar-refractivity contribution in [1.29, 1.82) is 0 Å². The van der Waals surface area contributed by atoms with Gasteiger partial charge in [-0.3, -0.25) is 0 Å². The van der Waals surface area contributed by atoms with E-state index in [9.17, 15) is 8.42 Å². The van der Waals surface area contributed by atoms with Crippen molar-refractivity contribution in [2.45, 2.75) is 30.6 Å². The van der Waals surface area contributed by atoms with Crippen LogP contribution < -0.4 is 5.32 Å². The maximum atomic E-state index is 11.5. The molecule has 0 bridgehead atoms. The predicted molar refractivity (Wildman–Crippen MR) is 62.0 cm³/mol. The second-order valence-electron chi connectivity index (χ2n) is 3.89. The molecule has 1 aliphatic carbocycles. The summed E-state index contributed by atoms with van der Waals surface area (Å²) in [5.74, 6) is 0. The van der Waals surface area contributed by atoms with Crippen LogP contribution in [0.25, 0.3) is 0 Å². The molecule has 1 aromatic rings. The van der Waals surface area contributed by atoms with Crippen LogP contribution in [0, 0.1) is 0 Å². The molecule has 1 N–H and O–H groups in total. The molecule has 2 rings (SSSR count). The molecule has 4 nitrogen and oxygen atoms in total. The van der Waals surface area contributed by atoms with E-state index in [2.05, 4.69) is 10.3 Å². The number of nitrogens with zero attached hydrogens (tertiary/aromatic N) is 1. The van der Waals surface area contributed by atoms with E-state index >= 15 is 0 Å². The summed E-state index contributed by atoms with van der Waals surface area (Å²) in [4.78, 5) is 4.11. The van der Waals surface area contributed by atoms with E-state index in [0.29, 0.717) is 0 Å². The minimum absolute atomic E-state index is 0.0335. The van der Waals surface area contributed by atoms with Crippen LogP contribution in [0.3, 0.4) is 0 Å². The summed E-state index contributed by atoms with van der Waals surface area (Å²) in [6.07, 6.45) is 5.69. The number of anilines is 1. The van der Waals surface area contributed by atoms with Crippen molar-refractivity contribution in [2.75, 3.05) is 11.6 Å². The van der Waals surface area contributed by atoms with Crippen LogP contribution >= 0.6 is 11.3 Å². The zero-order valence-corrected chi connectivity index (χ0v) is 10.1. The van der Waals surface area contributed by atoms with Crippen molar-refractivity contribution in [2.24, 2.45) is 0 Å². The predicted octanol–water partition coefficient (Wildman–Crippen LogP) is 1.52. The molecule has 1 fully saturated rings. The molecular formula is C9H14N2O2S2. The fourth-order valence-electron chi connectivity index (χ4n) is 2.06. The van der Waals surface area contributed by atoms with Crippen molar-refractivity contribution in [3.8, 4) is 0 Å². The van der Waals surface area contributed by atoms with Gasteiger partial charge in [-0.15, -0.1) is 11.3 Å². The lowest BCUT2D eigenvalue weighted by atomic mass is 10.2. The Kier molecular flexibility index (Phi) is 2.97. The number of thiazole rings is 1. The Labute approximate surface area is 93.7 Å². The molecule has 0 aromatic carbocycles.